The molecule has 0 bridgehead atoms. The van der Waals surface area contributed by atoms with Gasteiger partial charge in [-0.2, -0.15) is 5.26 Å². The predicted molar refractivity (Wildman–Crippen MR) is 90.7 cm³/mol. The summed E-state index contributed by atoms with van der Waals surface area (Å²) in [7, 11) is 0. The SMILES string of the molecule is N#C/C(=C/NCCCl)C(=O)N1CCN(Cc2ccccc2)CC1. The molecule has 2 rings (SSSR count). The summed E-state index contributed by atoms with van der Waals surface area (Å²) < 4.78 is 0. The number of nitriles is 1. The zero-order valence-corrected chi connectivity index (χ0v) is 13.8. The monoisotopic (exact) mass is 332 g/mol. The number of alkyl halides is 1. The van der Waals surface area contributed by atoms with Crippen LogP contribution in [0.25, 0.3) is 0 Å². The van der Waals surface area contributed by atoms with Gasteiger partial charge in [0.25, 0.3) is 5.91 Å². The topological polar surface area (TPSA) is 59.4 Å². The maximum absolute atomic E-state index is 12.3. The largest absolute Gasteiger partial charge is 0.388 e. The van der Waals surface area contributed by atoms with E-state index in [0.29, 0.717) is 25.5 Å². The second-order valence-corrected chi connectivity index (χ2v) is 5.74. The Bertz CT molecular complexity index is 574. The van der Waals surface area contributed by atoms with E-state index in [-0.39, 0.29) is 11.5 Å². The third-order valence-electron chi connectivity index (χ3n) is 3.74. The number of piperazine rings is 1. The lowest BCUT2D eigenvalue weighted by molar-refractivity contribution is -0.128. The number of nitrogens with one attached hydrogen (secondary N) is 1. The van der Waals surface area contributed by atoms with E-state index in [1.54, 1.807) is 4.90 Å². The first-order chi connectivity index (χ1) is 11.2. The van der Waals surface area contributed by atoms with Gasteiger partial charge in [-0.3, -0.25) is 9.69 Å². The molecule has 1 aliphatic rings. The second kappa shape index (κ2) is 9.19. The number of amides is 1. The fourth-order valence-corrected chi connectivity index (χ4v) is 2.60. The van der Waals surface area contributed by atoms with Crippen LogP contribution in [0, 0.1) is 11.3 Å². The van der Waals surface area contributed by atoms with E-state index in [4.69, 9.17) is 16.9 Å². The van der Waals surface area contributed by atoms with Crippen molar-refractivity contribution in [2.24, 2.45) is 0 Å². The molecule has 1 aliphatic heterocycles. The standard InChI is InChI=1S/C17H21ClN4O/c18-6-7-20-13-16(12-19)17(23)22-10-8-21(9-11-22)14-15-4-2-1-3-5-15/h1-5,13,20H,6-11,14H2/b16-13-. The quantitative estimate of drug-likeness (QED) is 0.372. The van der Waals surface area contributed by atoms with Crippen molar-refractivity contribution in [1.82, 2.24) is 15.1 Å². The number of carbonyl (C=O) groups is 1. The minimum Gasteiger partial charge on any atom is -0.388 e. The van der Waals surface area contributed by atoms with Crippen LogP contribution in [0.4, 0.5) is 0 Å². The minimum absolute atomic E-state index is 0.131. The number of hydrogen-bond acceptors (Lipinski definition) is 4. The summed E-state index contributed by atoms with van der Waals surface area (Å²) in [5.41, 5.74) is 1.40. The molecule has 0 unspecified atom stereocenters. The zero-order chi connectivity index (χ0) is 16.5. The summed E-state index contributed by atoms with van der Waals surface area (Å²) in [5.74, 6) is 0.218. The Morgan fingerprint density at radius 1 is 1.26 bits per heavy atom. The van der Waals surface area contributed by atoms with E-state index < -0.39 is 0 Å². The number of hydrogen-bond donors (Lipinski definition) is 1. The number of nitrogens with zero attached hydrogens (tertiary/aromatic N) is 3. The molecule has 1 aromatic carbocycles. The molecule has 0 atom stereocenters. The molecule has 1 N–H and O–H groups in total. The van der Waals surface area contributed by atoms with Gasteiger partial charge < -0.3 is 10.2 Å². The van der Waals surface area contributed by atoms with E-state index in [2.05, 4.69) is 22.3 Å². The van der Waals surface area contributed by atoms with Gasteiger partial charge in [-0.05, 0) is 5.56 Å². The Labute approximate surface area is 142 Å². The van der Waals surface area contributed by atoms with Crippen LogP contribution in [-0.4, -0.2) is 54.3 Å². The van der Waals surface area contributed by atoms with Crippen molar-refractivity contribution in [3.8, 4) is 6.07 Å². The van der Waals surface area contributed by atoms with Gasteiger partial charge in [0.1, 0.15) is 11.6 Å². The highest BCUT2D eigenvalue weighted by Crippen LogP contribution is 2.10. The molecular formula is C17H21ClN4O. The number of benzene rings is 1. The van der Waals surface area contributed by atoms with Gasteiger partial charge in [0.2, 0.25) is 0 Å². The molecule has 0 radical (unpaired) electrons. The lowest BCUT2D eigenvalue weighted by Gasteiger charge is -2.34. The van der Waals surface area contributed by atoms with Gasteiger partial charge >= 0.3 is 0 Å². The fourth-order valence-electron chi connectivity index (χ4n) is 2.49. The van der Waals surface area contributed by atoms with Crippen LogP contribution in [0.3, 0.4) is 0 Å². The Balaban J connectivity index is 1.84. The van der Waals surface area contributed by atoms with Crippen molar-refractivity contribution in [2.75, 3.05) is 38.6 Å². The molecule has 1 heterocycles. The summed E-state index contributed by atoms with van der Waals surface area (Å²) in [5, 5.41) is 12.0. The van der Waals surface area contributed by atoms with Crippen LogP contribution in [-0.2, 0) is 11.3 Å². The van der Waals surface area contributed by atoms with Gasteiger partial charge in [-0.15, -0.1) is 11.6 Å². The highest BCUT2D eigenvalue weighted by Gasteiger charge is 2.23. The molecular weight excluding hydrogens is 312 g/mol. The number of rotatable bonds is 6. The van der Waals surface area contributed by atoms with Crippen LogP contribution in [0.2, 0.25) is 0 Å². The third kappa shape index (κ3) is 5.27. The van der Waals surface area contributed by atoms with Gasteiger partial charge in [0.15, 0.2) is 0 Å². The van der Waals surface area contributed by atoms with E-state index in [0.717, 1.165) is 19.6 Å². The van der Waals surface area contributed by atoms with Crippen molar-refractivity contribution in [3.63, 3.8) is 0 Å². The molecule has 1 fully saturated rings. The van der Waals surface area contributed by atoms with Crippen molar-refractivity contribution in [1.29, 1.82) is 5.26 Å². The van der Waals surface area contributed by atoms with Crippen molar-refractivity contribution >= 4 is 17.5 Å². The van der Waals surface area contributed by atoms with Crippen LogP contribution in [0.15, 0.2) is 42.1 Å². The summed E-state index contributed by atoms with van der Waals surface area (Å²) >= 11 is 5.56. The molecule has 0 saturated carbocycles. The maximum Gasteiger partial charge on any atom is 0.266 e. The Morgan fingerprint density at radius 3 is 2.57 bits per heavy atom. The normalized spacial score (nSPS) is 16.0. The van der Waals surface area contributed by atoms with Crippen molar-refractivity contribution in [2.45, 2.75) is 6.54 Å². The summed E-state index contributed by atoms with van der Waals surface area (Å²) in [6.07, 6.45) is 1.46. The highest BCUT2D eigenvalue weighted by atomic mass is 35.5. The second-order valence-electron chi connectivity index (χ2n) is 5.37. The van der Waals surface area contributed by atoms with E-state index >= 15 is 0 Å². The molecule has 1 amide bonds. The van der Waals surface area contributed by atoms with Crippen LogP contribution in [0.1, 0.15) is 5.56 Å². The van der Waals surface area contributed by atoms with Crippen LogP contribution in [0.5, 0.6) is 0 Å². The molecule has 122 valence electrons. The molecule has 6 heteroatoms. The number of halogens is 1. The van der Waals surface area contributed by atoms with Crippen molar-refractivity contribution in [3.05, 3.63) is 47.7 Å². The predicted octanol–water partition coefficient (Wildman–Crippen LogP) is 1.57. The van der Waals surface area contributed by atoms with Crippen LogP contribution >= 0.6 is 11.6 Å². The van der Waals surface area contributed by atoms with Gasteiger partial charge in [0, 0.05) is 51.3 Å². The molecule has 0 aromatic heterocycles. The number of carbonyl (C=O) groups excluding carboxylic acids is 1. The molecule has 5 nitrogen and oxygen atoms in total. The third-order valence-corrected chi connectivity index (χ3v) is 3.93. The van der Waals surface area contributed by atoms with Crippen LogP contribution < -0.4 is 5.32 Å². The van der Waals surface area contributed by atoms with Gasteiger partial charge in [0.05, 0.1) is 0 Å². The summed E-state index contributed by atoms with van der Waals surface area (Å²) in [4.78, 5) is 16.4. The van der Waals surface area contributed by atoms with Gasteiger partial charge in [-0.25, -0.2) is 0 Å². The average molecular weight is 333 g/mol. The van der Waals surface area contributed by atoms with E-state index in [1.807, 2.05) is 24.3 Å². The smallest absolute Gasteiger partial charge is 0.266 e. The molecule has 23 heavy (non-hydrogen) atoms. The first kappa shape index (κ1) is 17.3. The molecule has 0 spiro atoms. The van der Waals surface area contributed by atoms with Crippen molar-refractivity contribution < 1.29 is 4.79 Å². The highest BCUT2D eigenvalue weighted by molar-refractivity contribution is 6.18. The minimum atomic E-state index is -0.214. The molecule has 1 aromatic rings. The zero-order valence-electron chi connectivity index (χ0n) is 13.0. The van der Waals surface area contributed by atoms with Gasteiger partial charge in [-0.1, -0.05) is 30.3 Å². The first-order valence-electron chi connectivity index (χ1n) is 7.69. The fraction of sp³-hybridized carbons (Fsp3) is 0.412. The first-order valence-corrected chi connectivity index (χ1v) is 8.23. The molecule has 0 aliphatic carbocycles. The molecule has 1 saturated heterocycles. The average Bonchev–Trinajstić information content (AvgIpc) is 2.60. The Hall–Kier alpha value is -2.03. The lowest BCUT2D eigenvalue weighted by Crippen LogP contribution is -2.48. The summed E-state index contributed by atoms with van der Waals surface area (Å²) in [6, 6.07) is 12.3. The Kier molecular flexibility index (Phi) is 6.92. The van der Waals surface area contributed by atoms with E-state index in [9.17, 15) is 4.79 Å². The maximum atomic E-state index is 12.3. The lowest BCUT2D eigenvalue weighted by atomic mass is 10.2. The summed E-state index contributed by atoms with van der Waals surface area (Å²) in [6.45, 7) is 4.33. The van der Waals surface area contributed by atoms with E-state index in [1.165, 1.54) is 11.8 Å². The Morgan fingerprint density at radius 2 is 1.96 bits per heavy atom.